The number of hydrogen-bond donors (Lipinski definition) is 1. The molecule has 1 aliphatic heterocycles. The molecule has 1 aliphatic rings. The molecule has 1 fully saturated rings. The molecule has 0 atom stereocenters. The van der Waals surface area contributed by atoms with Crippen LogP contribution in [0.15, 0.2) is 23.0 Å². The zero-order chi connectivity index (χ0) is 15.7. The van der Waals surface area contributed by atoms with E-state index in [-0.39, 0.29) is 11.5 Å². The van der Waals surface area contributed by atoms with E-state index in [1.165, 1.54) is 16.8 Å². The van der Waals surface area contributed by atoms with E-state index in [1.807, 2.05) is 0 Å². The van der Waals surface area contributed by atoms with Crippen LogP contribution in [-0.2, 0) is 13.6 Å². The maximum absolute atomic E-state index is 13.1. The molecule has 0 spiro atoms. The lowest BCUT2D eigenvalue weighted by Gasteiger charge is -2.36. The first-order valence-corrected chi connectivity index (χ1v) is 7.45. The van der Waals surface area contributed by atoms with Gasteiger partial charge in [-0.3, -0.25) is 9.88 Å². The zero-order valence-corrected chi connectivity index (χ0v) is 13.0. The Labute approximate surface area is 132 Å². The molecule has 118 valence electrons. The molecule has 22 heavy (non-hydrogen) atoms. The van der Waals surface area contributed by atoms with Crippen LogP contribution in [-0.4, -0.2) is 45.8 Å². The second-order valence-electron chi connectivity index (χ2n) is 5.36. The Morgan fingerprint density at radius 1 is 1.32 bits per heavy atom. The largest absolute Gasteiger partial charge is 0.368 e. The summed E-state index contributed by atoms with van der Waals surface area (Å²) in [6.07, 6.45) is 0. The van der Waals surface area contributed by atoms with Crippen LogP contribution >= 0.6 is 11.6 Å². The summed E-state index contributed by atoms with van der Waals surface area (Å²) in [5, 5.41) is 4.57. The predicted molar refractivity (Wildman–Crippen MR) is 82.7 cm³/mol. The first kappa shape index (κ1) is 15.1. The summed E-state index contributed by atoms with van der Waals surface area (Å²) >= 11 is 6.10. The first-order valence-electron chi connectivity index (χ1n) is 7.07. The third kappa shape index (κ3) is 3.15. The molecular weight excluding hydrogens is 309 g/mol. The van der Waals surface area contributed by atoms with Gasteiger partial charge in [-0.15, -0.1) is 0 Å². The van der Waals surface area contributed by atoms with Gasteiger partial charge in [0.15, 0.2) is 0 Å². The zero-order valence-electron chi connectivity index (χ0n) is 12.2. The van der Waals surface area contributed by atoms with Crippen LogP contribution in [0.4, 0.5) is 10.1 Å². The number of hydrogen-bond acceptors (Lipinski definition) is 4. The highest BCUT2D eigenvalue weighted by atomic mass is 35.5. The molecule has 1 saturated heterocycles. The number of halogens is 2. The van der Waals surface area contributed by atoms with E-state index in [2.05, 4.69) is 19.9 Å². The number of benzene rings is 1. The number of nitrogens with one attached hydrogen (secondary N) is 1. The highest BCUT2D eigenvalue weighted by Crippen LogP contribution is 2.27. The Balaban J connectivity index is 1.61. The molecule has 0 amide bonds. The second-order valence-corrected chi connectivity index (χ2v) is 5.77. The minimum absolute atomic E-state index is 0.202. The lowest BCUT2D eigenvalue weighted by atomic mass is 10.2. The van der Waals surface area contributed by atoms with Crippen LogP contribution in [0.1, 0.15) is 5.82 Å². The van der Waals surface area contributed by atoms with Crippen LogP contribution < -0.4 is 10.6 Å². The van der Waals surface area contributed by atoms with Gasteiger partial charge in [0.1, 0.15) is 11.6 Å². The molecule has 0 radical (unpaired) electrons. The van der Waals surface area contributed by atoms with Crippen molar-refractivity contribution in [1.29, 1.82) is 0 Å². The number of aromatic amines is 1. The van der Waals surface area contributed by atoms with Crippen molar-refractivity contribution in [2.45, 2.75) is 6.54 Å². The minimum atomic E-state index is -0.327. The fourth-order valence-electron chi connectivity index (χ4n) is 2.62. The molecule has 2 heterocycles. The summed E-state index contributed by atoms with van der Waals surface area (Å²) in [7, 11) is 1.62. The molecule has 0 aliphatic carbocycles. The van der Waals surface area contributed by atoms with Crippen molar-refractivity contribution >= 4 is 17.3 Å². The fraction of sp³-hybridized carbons (Fsp3) is 0.429. The molecule has 1 N–H and O–H groups in total. The van der Waals surface area contributed by atoms with Gasteiger partial charge in [-0.2, -0.15) is 5.10 Å². The molecular formula is C14H17ClFN5O. The summed E-state index contributed by atoms with van der Waals surface area (Å²) in [6.45, 7) is 3.85. The van der Waals surface area contributed by atoms with Gasteiger partial charge in [0.05, 0.1) is 17.3 Å². The van der Waals surface area contributed by atoms with Crippen molar-refractivity contribution in [2.75, 3.05) is 31.1 Å². The maximum Gasteiger partial charge on any atom is 0.343 e. The first-order chi connectivity index (χ1) is 10.5. The molecule has 0 bridgehead atoms. The summed E-state index contributed by atoms with van der Waals surface area (Å²) in [5.74, 6) is 0.340. The predicted octanol–water partition coefficient (Wildman–Crippen LogP) is 1.22. The average molecular weight is 326 g/mol. The van der Waals surface area contributed by atoms with Gasteiger partial charge >= 0.3 is 5.69 Å². The Morgan fingerprint density at radius 2 is 2.05 bits per heavy atom. The van der Waals surface area contributed by atoms with Gasteiger partial charge in [0.2, 0.25) is 0 Å². The molecule has 3 rings (SSSR count). The molecule has 2 aromatic rings. The third-order valence-electron chi connectivity index (χ3n) is 3.81. The number of rotatable bonds is 3. The molecule has 1 aromatic heterocycles. The van der Waals surface area contributed by atoms with Crippen LogP contribution in [0.3, 0.4) is 0 Å². The van der Waals surface area contributed by atoms with Crippen LogP contribution in [0.5, 0.6) is 0 Å². The van der Waals surface area contributed by atoms with Crippen molar-refractivity contribution in [1.82, 2.24) is 19.7 Å². The van der Waals surface area contributed by atoms with Crippen molar-refractivity contribution in [2.24, 2.45) is 7.05 Å². The minimum Gasteiger partial charge on any atom is -0.368 e. The lowest BCUT2D eigenvalue weighted by molar-refractivity contribution is 0.244. The standard InChI is InChI=1S/C14H17ClFN5O/c1-19-14(22)17-13(18-19)9-20-4-6-21(7-5-20)12-3-2-10(16)8-11(12)15/h2-3,8H,4-7,9H2,1H3,(H,17,18,22). The highest BCUT2D eigenvalue weighted by Gasteiger charge is 2.20. The van der Waals surface area contributed by atoms with Crippen molar-refractivity contribution in [3.63, 3.8) is 0 Å². The molecule has 1 aromatic carbocycles. The normalized spacial score (nSPS) is 16.2. The van der Waals surface area contributed by atoms with Crippen molar-refractivity contribution < 1.29 is 4.39 Å². The summed E-state index contributed by atoms with van der Waals surface area (Å²) < 4.78 is 14.4. The van der Waals surface area contributed by atoms with Gasteiger partial charge in [-0.05, 0) is 18.2 Å². The number of H-pyrrole nitrogens is 1. The highest BCUT2D eigenvalue weighted by molar-refractivity contribution is 6.33. The lowest BCUT2D eigenvalue weighted by Crippen LogP contribution is -2.46. The van der Waals surface area contributed by atoms with E-state index < -0.39 is 0 Å². The van der Waals surface area contributed by atoms with E-state index in [1.54, 1.807) is 13.1 Å². The second kappa shape index (κ2) is 6.10. The smallest absolute Gasteiger partial charge is 0.343 e. The van der Waals surface area contributed by atoms with E-state index in [0.717, 1.165) is 31.9 Å². The Hall–Kier alpha value is -1.86. The number of nitrogens with zero attached hydrogens (tertiary/aromatic N) is 4. The maximum atomic E-state index is 13.1. The molecule has 8 heteroatoms. The Kier molecular flexibility index (Phi) is 4.17. The SMILES string of the molecule is Cn1nc(CN2CCN(c3ccc(F)cc3Cl)CC2)[nH]c1=O. The topological polar surface area (TPSA) is 57.2 Å². The number of anilines is 1. The number of aryl methyl sites for hydroxylation is 1. The Bertz CT molecular complexity index is 720. The van der Waals surface area contributed by atoms with E-state index in [4.69, 9.17) is 11.6 Å². The van der Waals surface area contributed by atoms with Gasteiger partial charge in [0, 0.05) is 33.2 Å². The van der Waals surface area contributed by atoms with Crippen molar-refractivity contribution in [3.05, 3.63) is 45.3 Å². The van der Waals surface area contributed by atoms with Gasteiger partial charge < -0.3 is 4.90 Å². The van der Waals surface area contributed by atoms with E-state index in [0.29, 0.717) is 17.4 Å². The van der Waals surface area contributed by atoms with E-state index in [9.17, 15) is 9.18 Å². The fourth-order valence-corrected chi connectivity index (χ4v) is 2.91. The molecule has 0 unspecified atom stereocenters. The Morgan fingerprint density at radius 3 is 2.64 bits per heavy atom. The average Bonchev–Trinajstić information content (AvgIpc) is 2.78. The summed E-state index contributed by atoms with van der Waals surface area (Å²) in [6, 6.07) is 4.47. The van der Waals surface area contributed by atoms with Crippen molar-refractivity contribution in [3.8, 4) is 0 Å². The molecule has 6 nitrogen and oxygen atoms in total. The van der Waals surface area contributed by atoms with Crippen LogP contribution in [0.2, 0.25) is 5.02 Å². The van der Waals surface area contributed by atoms with Gasteiger partial charge in [0.25, 0.3) is 0 Å². The van der Waals surface area contributed by atoms with Crippen LogP contribution in [0.25, 0.3) is 0 Å². The number of piperazine rings is 1. The van der Waals surface area contributed by atoms with Gasteiger partial charge in [-0.1, -0.05) is 11.6 Å². The van der Waals surface area contributed by atoms with Crippen LogP contribution in [0, 0.1) is 5.82 Å². The molecule has 0 saturated carbocycles. The summed E-state index contributed by atoms with van der Waals surface area (Å²) in [5.41, 5.74) is 0.653. The quantitative estimate of drug-likeness (QED) is 0.922. The van der Waals surface area contributed by atoms with E-state index >= 15 is 0 Å². The monoisotopic (exact) mass is 325 g/mol. The van der Waals surface area contributed by atoms with Gasteiger partial charge in [-0.25, -0.2) is 13.9 Å². The third-order valence-corrected chi connectivity index (χ3v) is 4.11. The number of aromatic nitrogens is 3. The summed E-state index contributed by atoms with van der Waals surface area (Å²) in [4.78, 5) is 18.4.